The Morgan fingerprint density at radius 2 is 2.17 bits per heavy atom. The SMILES string of the molecule is Cn1cnc2c(NC3CCCCC3O)nccc21. The molecule has 0 amide bonds. The zero-order valence-corrected chi connectivity index (χ0v) is 10.5. The van der Waals surface area contributed by atoms with Crippen LogP contribution in [0.4, 0.5) is 5.82 Å². The van der Waals surface area contributed by atoms with Crippen LogP contribution in [0.25, 0.3) is 11.0 Å². The number of hydrogen-bond acceptors (Lipinski definition) is 4. The largest absolute Gasteiger partial charge is 0.391 e. The van der Waals surface area contributed by atoms with Gasteiger partial charge in [0.15, 0.2) is 5.82 Å². The van der Waals surface area contributed by atoms with Crippen LogP contribution >= 0.6 is 0 Å². The van der Waals surface area contributed by atoms with E-state index in [4.69, 9.17) is 0 Å². The highest BCUT2D eigenvalue weighted by molar-refractivity contribution is 5.85. The van der Waals surface area contributed by atoms with Gasteiger partial charge in [-0.25, -0.2) is 9.97 Å². The molecule has 1 fully saturated rings. The van der Waals surface area contributed by atoms with Gasteiger partial charge >= 0.3 is 0 Å². The number of pyridine rings is 1. The van der Waals surface area contributed by atoms with Crippen LogP contribution in [0.2, 0.25) is 0 Å². The first-order valence-electron chi connectivity index (χ1n) is 6.46. The maximum absolute atomic E-state index is 9.99. The minimum Gasteiger partial charge on any atom is -0.391 e. The highest BCUT2D eigenvalue weighted by Gasteiger charge is 2.23. The number of anilines is 1. The van der Waals surface area contributed by atoms with Crippen LogP contribution in [0.5, 0.6) is 0 Å². The molecular weight excluding hydrogens is 228 g/mol. The van der Waals surface area contributed by atoms with E-state index >= 15 is 0 Å². The lowest BCUT2D eigenvalue weighted by atomic mass is 9.92. The van der Waals surface area contributed by atoms with Gasteiger partial charge in [-0.2, -0.15) is 0 Å². The van der Waals surface area contributed by atoms with Crippen LogP contribution in [0, 0.1) is 0 Å². The second-order valence-electron chi connectivity index (χ2n) is 4.99. The zero-order chi connectivity index (χ0) is 12.5. The molecule has 3 rings (SSSR count). The Hall–Kier alpha value is -1.62. The van der Waals surface area contributed by atoms with E-state index in [1.165, 1.54) is 0 Å². The molecule has 2 atom stereocenters. The average Bonchev–Trinajstić information content (AvgIpc) is 2.76. The maximum atomic E-state index is 9.99. The van der Waals surface area contributed by atoms with Crippen molar-refractivity contribution in [2.75, 3.05) is 5.32 Å². The molecule has 0 aromatic carbocycles. The average molecular weight is 246 g/mol. The van der Waals surface area contributed by atoms with Crippen molar-refractivity contribution >= 4 is 16.9 Å². The fourth-order valence-electron chi connectivity index (χ4n) is 2.62. The molecule has 2 N–H and O–H groups in total. The lowest BCUT2D eigenvalue weighted by molar-refractivity contribution is 0.116. The van der Waals surface area contributed by atoms with E-state index in [0.29, 0.717) is 0 Å². The Labute approximate surface area is 106 Å². The van der Waals surface area contributed by atoms with Crippen molar-refractivity contribution in [2.24, 2.45) is 7.05 Å². The molecule has 1 saturated carbocycles. The van der Waals surface area contributed by atoms with Crippen molar-refractivity contribution < 1.29 is 5.11 Å². The summed E-state index contributed by atoms with van der Waals surface area (Å²) in [4.78, 5) is 8.72. The summed E-state index contributed by atoms with van der Waals surface area (Å²) in [5, 5.41) is 13.3. The summed E-state index contributed by atoms with van der Waals surface area (Å²) in [7, 11) is 1.97. The second-order valence-corrected chi connectivity index (χ2v) is 4.99. The van der Waals surface area contributed by atoms with Gasteiger partial charge in [-0.15, -0.1) is 0 Å². The van der Waals surface area contributed by atoms with E-state index in [1.54, 1.807) is 12.5 Å². The van der Waals surface area contributed by atoms with Crippen molar-refractivity contribution in [1.29, 1.82) is 0 Å². The Morgan fingerprint density at radius 1 is 1.33 bits per heavy atom. The predicted octanol–water partition coefficient (Wildman–Crippen LogP) is 1.68. The molecule has 0 spiro atoms. The van der Waals surface area contributed by atoms with Gasteiger partial charge in [-0.1, -0.05) is 12.8 Å². The van der Waals surface area contributed by atoms with Crippen molar-refractivity contribution in [2.45, 2.75) is 37.8 Å². The van der Waals surface area contributed by atoms with Gasteiger partial charge < -0.3 is 15.0 Å². The number of fused-ring (bicyclic) bond motifs is 1. The van der Waals surface area contributed by atoms with E-state index in [2.05, 4.69) is 15.3 Å². The Balaban J connectivity index is 1.90. The van der Waals surface area contributed by atoms with Gasteiger partial charge in [0, 0.05) is 13.2 Å². The normalized spacial score (nSPS) is 24.3. The topological polar surface area (TPSA) is 63.0 Å². The van der Waals surface area contributed by atoms with Crippen LogP contribution in [0.1, 0.15) is 25.7 Å². The summed E-state index contributed by atoms with van der Waals surface area (Å²) in [5.41, 5.74) is 1.93. The number of hydrogen-bond donors (Lipinski definition) is 2. The van der Waals surface area contributed by atoms with Gasteiger partial charge in [-0.3, -0.25) is 0 Å². The number of nitrogens with zero attached hydrogens (tertiary/aromatic N) is 3. The minimum atomic E-state index is -0.278. The molecule has 2 aromatic rings. The van der Waals surface area contributed by atoms with Crippen LogP contribution in [-0.2, 0) is 7.05 Å². The fraction of sp³-hybridized carbons (Fsp3) is 0.538. The van der Waals surface area contributed by atoms with E-state index < -0.39 is 0 Å². The zero-order valence-electron chi connectivity index (χ0n) is 10.5. The predicted molar refractivity (Wildman–Crippen MR) is 70.4 cm³/mol. The van der Waals surface area contributed by atoms with Gasteiger partial charge in [-0.05, 0) is 18.9 Å². The molecule has 1 aliphatic carbocycles. The molecule has 0 radical (unpaired) electrons. The van der Waals surface area contributed by atoms with Gasteiger partial charge in [0.2, 0.25) is 0 Å². The number of aliphatic hydroxyl groups is 1. The molecule has 2 heterocycles. The lowest BCUT2D eigenvalue weighted by Gasteiger charge is -2.28. The Morgan fingerprint density at radius 3 is 3.00 bits per heavy atom. The molecule has 18 heavy (non-hydrogen) atoms. The number of rotatable bonds is 2. The van der Waals surface area contributed by atoms with Crippen LogP contribution < -0.4 is 5.32 Å². The molecule has 5 heteroatoms. The summed E-state index contributed by atoms with van der Waals surface area (Å²) >= 11 is 0. The first-order chi connectivity index (χ1) is 8.75. The number of aliphatic hydroxyl groups excluding tert-OH is 1. The van der Waals surface area contributed by atoms with Gasteiger partial charge in [0.1, 0.15) is 5.52 Å². The van der Waals surface area contributed by atoms with Crippen molar-refractivity contribution in [1.82, 2.24) is 14.5 Å². The van der Waals surface area contributed by atoms with E-state index in [1.807, 2.05) is 17.7 Å². The third kappa shape index (κ3) is 1.95. The summed E-state index contributed by atoms with van der Waals surface area (Å²) < 4.78 is 1.97. The molecule has 1 aliphatic rings. The van der Waals surface area contributed by atoms with Crippen LogP contribution in [0.3, 0.4) is 0 Å². The van der Waals surface area contributed by atoms with E-state index in [0.717, 1.165) is 42.5 Å². The monoisotopic (exact) mass is 246 g/mol. The molecule has 0 aliphatic heterocycles. The third-order valence-electron chi connectivity index (χ3n) is 3.69. The van der Waals surface area contributed by atoms with Crippen molar-refractivity contribution in [3.8, 4) is 0 Å². The quantitative estimate of drug-likeness (QED) is 0.846. The third-order valence-corrected chi connectivity index (χ3v) is 3.69. The maximum Gasteiger partial charge on any atom is 0.154 e. The highest BCUT2D eigenvalue weighted by atomic mass is 16.3. The molecular formula is C13H18N4O. The number of imidazole rings is 1. The first-order valence-corrected chi connectivity index (χ1v) is 6.46. The molecule has 2 aromatic heterocycles. The summed E-state index contributed by atoms with van der Waals surface area (Å²) in [6.45, 7) is 0. The van der Waals surface area contributed by atoms with Crippen LogP contribution in [0.15, 0.2) is 18.6 Å². The summed E-state index contributed by atoms with van der Waals surface area (Å²) in [6.07, 6.45) is 7.42. The van der Waals surface area contributed by atoms with E-state index in [-0.39, 0.29) is 12.1 Å². The molecule has 0 bridgehead atoms. The lowest BCUT2D eigenvalue weighted by Crippen LogP contribution is -2.36. The van der Waals surface area contributed by atoms with Crippen molar-refractivity contribution in [3.05, 3.63) is 18.6 Å². The number of aryl methyl sites for hydroxylation is 1. The molecule has 5 nitrogen and oxygen atoms in total. The van der Waals surface area contributed by atoms with Gasteiger partial charge in [0.25, 0.3) is 0 Å². The molecule has 96 valence electrons. The Bertz CT molecular complexity index is 551. The molecule has 2 unspecified atom stereocenters. The summed E-state index contributed by atoms with van der Waals surface area (Å²) in [5.74, 6) is 0.777. The smallest absolute Gasteiger partial charge is 0.154 e. The summed E-state index contributed by atoms with van der Waals surface area (Å²) in [6, 6.07) is 2.05. The fourth-order valence-corrected chi connectivity index (χ4v) is 2.62. The van der Waals surface area contributed by atoms with E-state index in [9.17, 15) is 5.11 Å². The van der Waals surface area contributed by atoms with Gasteiger partial charge in [0.05, 0.1) is 24.0 Å². The Kier molecular flexibility index (Phi) is 2.91. The number of nitrogens with one attached hydrogen (secondary N) is 1. The van der Waals surface area contributed by atoms with Crippen molar-refractivity contribution in [3.63, 3.8) is 0 Å². The van der Waals surface area contributed by atoms with Crippen LogP contribution in [-0.4, -0.2) is 31.8 Å². The second kappa shape index (κ2) is 4.57. The standard InChI is InChI=1S/C13H18N4O/c1-17-8-15-12-10(17)6-7-14-13(12)16-9-4-2-3-5-11(9)18/h6-9,11,18H,2-5H2,1H3,(H,14,16). The highest BCUT2D eigenvalue weighted by Crippen LogP contribution is 2.24. The minimum absolute atomic E-state index is 0.0962. The first kappa shape index (κ1) is 11.5. The molecule has 0 saturated heterocycles. The number of aromatic nitrogens is 3.